The van der Waals surface area contributed by atoms with Gasteiger partial charge < -0.3 is 9.15 Å². The van der Waals surface area contributed by atoms with Crippen LogP contribution in [0, 0.1) is 13.8 Å². The second kappa shape index (κ2) is 7.58. The molecule has 1 aliphatic carbocycles. The van der Waals surface area contributed by atoms with Gasteiger partial charge in [0.25, 0.3) is 0 Å². The molecule has 2 aromatic heterocycles. The smallest absolute Gasteiger partial charge is 0.191 e. The Labute approximate surface area is 157 Å². The number of aryl methyl sites for hydroxylation is 2. The molecule has 136 valence electrons. The Kier molecular flexibility index (Phi) is 5.02. The first-order valence-corrected chi connectivity index (χ1v) is 9.97. The summed E-state index contributed by atoms with van der Waals surface area (Å²) in [5.41, 5.74) is 2.38. The number of ether oxygens (including phenoxy) is 1. The molecule has 0 saturated heterocycles. The number of rotatable bonds is 8. The van der Waals surface area contributed by atoms with Gasteiger partial charge in [0.2, 0.25) is 0 Å². The zero-order valence-corrected chi connectivity index (χ0v) is 16.0. The number of nitrogens with zero attached hydrogens (tertiary/aromatic N) is 3. The Morgan fingerprint density at radius 2 is 2.12 bits per heavy atom. The molecular weight excluding hydrogens is 346 g/mol. The second-order valence-corrected chi connectivity index (χ2v) is 7.81. The molecule has 0 amide bonds. The Balaban J connectivity index is 1.39. The predicted molar refractivity (Wildman–Crippen MR) is 102 cm³/mol. The van der Waals surface area contributed by atoms with Gasteiger partial charge in [0.05, 0.1) is 19.4 Å². The number of furan rings is 1. The molecule has 1 aliphatic rings. The van der Waals surface area contributed by atoms with E-state index in [2.05, 4.69) is 46.8 Å². The molecule has 3 aromatic rings. The van der Waals surface area contributed by atoms with E-state index < -0.39 is 0 Å². The van der Waals surface area contributed by atoms with Crippen LogP contribution in [0.2, 0.25) is 0 Å². The van der Waals surface area contributed by atoms with Crippen molar-refractivity contribution in [2.24, 2.45) is 0 Å². The maximum absolute atomic E-state index is 5.95. The van der Waals surface area contributed by atoms with Gasteiger partial charge >= 0.3 is 0 Å². The van der Waals surface area contributed by atoms with Gasteiger partial charge in [-0.1, -0.05) is 23.9 Å². The highest BCUT2D eigenvalue weighted by Gasteiger charge is 2.30. The van der Waals surface area contributed by atoms with Crippen LogP contribution in [-0.4, -0.2) is 27.1 Å². The summed E-state index contributed by atoms with van der Waals surface area (Å²) in [6, 6.07) is 10.2. The van der Waals surface area contributed by atoms with Crippen molar-refractivity contribution in [1.82, 2.24) is 14.8 Å². The van der Waals surface area contributed by atoms with Crippen LogP contribution in [0.3, 0.4) is 0 Å². The van der Waals surface area contributed by atoms with E-state index in [1.807, 2.05) is 12.1 Å². The normalized spacial score (nSPS) is 13.9. The third-order valence-corrected chi connectivity index (χ3v) is 5.43. The lowest BCUT2D eigenvalue weighted by molar-refractivity contribution is 0.341. The van der Waals surface area contributed by atoms with Gasteiger partial charge in [0.1, 0.15) is 17.3 Å². The van der Waals surface area contributed by atoms with E-state index in [-0.39, 0.29) is 0 Å². The highest BCUT2D eigenvalue weighted by atomic mass is 32.2. The fourth-order valence-corrected chi connectivity index (χ4v) is 3.67. The first-order chi connectivity index (χ1) is 12.7. The molecule has 5 nitrogen and oxygen atoms in total. The molecule has 0 aliphatic heterocycles. The topological polar surface area (TPSA) is 53.1 Å². The van der Waals surface area contributed by atoms with Crippen LogP contribution < -0.4 is 4.74 Å². The standard InChI is InChI=1S/C20H23N3O2S/c1-14-5-6-15(2)18(12-14)25-10-11-26-20-22-21-19(16-7-8-16)23(20)13-17-4-3-9-24-17/h3-6,9,12,16H,7-8,10-11,13H2,1-2H3. The number of hydrogen-bond donors (Lipinski definition) is 0. The van der Waals surface area contributed by atoms with Crippen molar-refractivity contribution < 1.29 is 9.15 Å². The summed E-state index contributed by atoms with van der Waals surface area (Å²) in [5.74, 6) is 4.35. The molecule has 1 saturated carbocycles. The van der Waals surface area contributed by atoms with E-state index in [1.54, 1.807) is 18.0 Å². The minimum absolute atomic E-state index is 0.554. The molecule has 0 radical (unpaired) electrons. The van der Waals surface area contributed by atoms with Crippen LogP contribution in [0.1, 0.15) is 41.5 Å². The largest absolute Gasteiger partial charge is 0.492 e. The fourth-order valence-electron chi connectivity index (χ4n) is 2.90. The molecule has 0 N–H and O–H groups in total. The summed E-state index contributed by atoms with van der Waals surface area (Å²) in [7, 11) is 0. The highest BCUT2D eigenvalue weighted by Crippen LogP contribution is 2.40. The van der Waals surface area contributed by atoms with Crippen molar-refractivity contribution in [3.63, 3.8) is 0 Å². The van der Waals surface area contributed by atoms with Crippen LogP contribution in [0.25, 0.3) is 0 Å². The van der Waals surface area contributed by atoms with Gasteiger partial charge in [-0.25, -0.2) is 0 Å². The van der Waals surface area contributed by atoms with Crippen molar-refractivity contribution in [2.75, 3.05) is 12.4 Å². The molecule has 0 unspecified atom stereocenters. The molecule has 0 spiro atoms. The monoisotopic (exact) mass is 369 g/mol. The molecule has 6 heteroatoms. The molecule has 1 aromatic carbocycles. The van der Waals surface area contributed by atoms with Crippen LogP contribution in [0.4, 0.5) is 0 Å². The minimum atomic E-state index is 0.554. The van der Waals surface area contributed by atoms with Crippen molar-refractivity contribution in [1.29, 1.82) is 0 Å². The number of thioether (sulfide) groups is 1. The summed E-state index contributed by atoms with van der Waals surface area (Å²) in [4.78, 5) is 0. The summed E-state index contributed by atoms with van der Waals surface area (Å²) >= 11 is 1.69. The second-order valence-electron chi connectivity index (χ2n) is 6.75. The third-order valence-electron chi connectivity index (χ3n) is 4.50. The maximum Gasteiger partial charge on any atom is 0.191 e. The van der Waals surface area contributed by atoms with Gasteiger partial charge in [-0.2, -0.15) is 0 Å². The van der Waals surface area contributed by atoms with Crippen molar-refractivity contribution in [3.05, 3.63) is 59.3 Å². The van der Waals surface area contributed by atoms with E-state index in [0.29, 0.717) is 19.1 Å². The molecule has 4 rings (SSSR count). The Hall–Kier alpha value is -2.21. The van der Waals surface area contributed by atoms with E-state index in [4.69, 9.17) is 9.15 Å². The zero-order chi connectivity index (χ0) is 17.9. The first kappa shape index (κ1) is 17.2. The quantitative estimate of drug-likeness (QED) is 0.429. The fraction of sp³-hybridized carbons (Fsp3) is 0.400. The zero-order valence-electron chi connectivity index (χ0n) is 15.1. The van der Waals surface area contributed by atoms with Gasteiger partial charge in [-0.3, -0.25) is 4.57 Å². The highest BCUT2D eigenvalue weighted by molar-refractivity contribution is 7.99. The van der Waals surface area contributed by atoms with E-state index in [0.717, 1.165) is 33.8 Å². The number of benzene rings is 1. The predicted octanol–water partition coefficient (Wildman–Crippen LogP) is 4.58. The molecular formula is C20H23N3O2S. The molecule has 26 heavy (non-hydrogen) atoms. The molecule has 2 heterocycles. The average Bonchev–Trinajstić information content (AvgIpc) is 3.20. The van der Waals surface area contributed by atoms with Gasteiger partial charge in [0.15, 0.2) is 5.16 Å². The van der Waals surface area contributed by atoms with Crippen LogP contribution in [0.5, 0.6) is 5.75 Å². The summed E-state index contributed by atoms with van der Waals surface area (Å²) < 4.78 is 13.7. The third kappa shape index (κ3) is 3.96. The first-order valence-electron chi connectivity index (χ1n) is 8.99. The van der Waals surface area contributed by atoms with Crippen molar-refractivity contribution >= 4 is 11.8 Å². The van der Waals surface area contributed by atoms with E-state index in [9.17, 15) is 0 Å². The van der Waals surface area contributed by atoms with Gasteiger partial charge in [-0.05, 0) is 56.0 Å². The van der Waals surface area contributed by atoms with Gasteiger partial charge in [0, 0.05) is 11.7 Å². The van der Waals surface area contributed by atoms with Crippen LogP contribution in [-0.2, 0) is 6.54 Å². The minimum Gasteiger partial charge on any atom is -0.492 e. The summed E-state index contributed by atoms with van der Waals surface area (Å²) in [6.07, 6.45) is 4.12. The Morgan fingerprint density at radius 3 is 2.88 bits per heavy atom. The van der Waals surface area contributed by atoms with Crippen LogP contribution >= 0.6 is 11.8 Å². The molecule has 1 fully saturated rings. The Morgan fingerprint density at radius 1 is 1.23 bits per heavy atom. The summed E-state index contributed by atoms with van der Waals surface area (Å²) in [6.45, 7) is 5.48. The number of hydrogen-bond acceptors (Lipinski definition) is 5. The average molecular weight is 369 g/mol. The lowest BCUT2D eigenvalue weighted by Gasteiger charge is -2.10. The number of aromatic nitrogens is 3. The van der Waals surface area contributed by atoms with Crippen molar-refractivity contribution in [3.8, 4) is 5.75 Å². The van der Waals surface area contributed by atoms with E-state index >= 15 is 0 Å². The maximum atomic E-state index is 5.95. The van der Waals surface area contributed by atoms with Crippen LogP contribution in [0.15, 0.2) is 46.2 Å². The summed E-state index contributed by atoms with van der Waals surface area (Å²) in [5, 5.41) is 9.78. The van der Waals surface area contributed by atoms with E-state index in [1.165, 1.54) is 18.4 Å². The van der Waals surface area contributed by atoms with Crippen molar-refractivity contribution in [2.45, 2.75) is 44.3 Å². The molecule has 0 bridgehead atoms. The molecule has 0 atom stereocenters. The lowest BCUT2D eigenvalue weighted by Crippen LogP contribution is -2.07. The lowest BCUT2D eigenvalue weighted by atomic mass is 10.1. The Bertz CT molecular complexity index is 869. The van der Waals surface area contributed by atoms with Gasteiger partial charge in [-0.15, -0.1) is 10.2 Å². The SMILES string of the molecule is Cc1ccc(C)c(OCCSc2nnc(C3CC3)n2Cc2ccco2)c1.